The van der Waals surface area contributed by atoms with Crippen LogP contribution in [0.2, 0.25) is 0 Å². The van der Waals surface area contributed by atoms with Gasteiger partial charge in [-0.25, -0.2) is 4.39 Å². The molecule has 0 heterocycles. The van der Waals surface area contributed by atoms with Crippen molar-refractivity contribution in [3.8, 4) is 5.75 Å². The van der Waals surface area contributed by atoms with Crippen LogP contribution in [0.5, 0.6) is 5.75 Å². The van der Waals surface area contributed by atoms with Crippen LogP contribution in [0.4, 0.5) is 4.39 Å². The Morgan fingerprint density at radius 3 is 2.32 bits per heavy atom. The van der Waals surface area contributed by atoms with Crippen molar-refractivity contribution in [2.45, 2.75) is 26.0 Å². The number of halogens is 1. The first-order valence-corrected chi connectivity index (χ1v) is 6.34. The van der Waals surface area contributed by atoms with E-state index in [9.17, 15) is 4.39 Å². The summed E-state index contributed by atoms with van der Waals surface area (Å²) < 4.78 is 19.5. The summed E-state index contributed by atoms with van der Waals surface area (Å²) in [5, 5.41) is 0. The topological polar surface area (TPSA) is 35.2 Å². The minimum absolute atomic E-state index is 0.123. The zero-order valence-corrected chi connectivity index (χ0v) is 11.1. The summed E-state index contributed by atoms with van der Waals surface area (Å²) in [6.07, 6.45) is -0.123. The molecule has 0 radical (unpaired) electrons. The Labute approximate surface area is 113 Å². The van der Waals surface area contributed by atoms with Gasteiger partial charge in [-0.15, -0.1) is 0 Å². The molecule has 2 aromatic carbocycles. The third-order valence-corrected chi connectivity index (χ3v) is 3.04. The second-order valence-electron chi connectivity index (χ2n) is 4.64. The van der Waals surface area contributed by atoms with Crippen molar-refractivity contribution in [3.05, 3.63) is 65.5 Å². The molecule has 19 heavy (non-hydrogen) atoms. The zero-order chi connectivity index (χ0) is 13.8. The molecule has 0 amide bonds. The SMILES string of the molecule is CC(N)c1ccc(OC(C)c2ccccc2)cc1F. The molecule has 0 aliphatic carbocycles. The number of hydrogen-bond acceptors (Lipinski definition) is 2. The first-order chi connectivity index (χ1) is 9.08. The van der Waals surface area contributed by atoms with Crippen molar-refractivity contribution in [2.24, 2.45) is 5.73 Å². The summed E-state index contributed by atoms with van der Waals surface area (Å²) >= 11 is 0. The molecule has 2 aromatic rings. The van der Waals surface area contributed by atoms with Gasteiger partial charge in [-0.05, 0) is 25.5 Å². The fourth-order valence-electron chi connectivity index (χ4n) is 1.95. The molecule has 0 bridgehead atoms. The summed E-state index contributed by atoms with van der Waals surface area (Å²) in [6, 6.07) is 14.3. The Balaban J connectivity index is 2.14. The third-order valence-electron chi connectivity index (χ3n) is 3.04. The minimum Gasteiger partial charge on any atom is -0.486 e. The number of benzene rings is 2. The molecule has 2 unspecified atom stereocenters. The lowest BCUT2D eigenvalue weighted by Gasteiger charge is -2.16. The van der Waals surface area contributed by atoms with Gasteiger partial charge in [-0.2, -0.15) is 0 Å². The van der Waals surface area contributed by atoms with Gasteiger partial charge in [0.05, 0.1) is 0 Å². The minimum atomic E-state index is -0.326. The van der Waals surface area contributed by atoms with Crippen molar-refractivity contribution in [2.75, 3.05) is 0 Å². The molecular formula is C16H18FNO. The Hall–Kier alpha value is -1.87. The zero-order valence-electron chi connectivity index (χ0n) is 11.1. The predicted octanol–water partition coefficient (Wildman–Crippen LogP) is 3.99. The van der Waals surface area contributed by atoms with Gasteiger partial charge in [0.1, 0.15) is 17.7 Å². The Morgan fingerprint density at radius 1 is 1.05 bits per heavy atom. The normalized spacial score (nSPS) is 13.9. The highest BCUT2D eigenvalue weighted by atomic mass is 19.1. The van der Waals surface area contributed by atoms with E-state index in [0.29, 0.717) is 11.3 Å². The summed E-state index contributed by atoms with van der Waals surface area (Å²) in [5.74, 6) is 0.186. The first-order valence-electron chi connectivity index (χ1n) is 6.34. The molecule has 2 N–H and O–H groups in total. The summed E-state index contributed by atoms with van der Waals surface area (Å²) in [7, 11) is 0. The molecule has 2 rings (SSSR count). The monoisotopic (exact) mass is 259 g/mol. The van der Waals surface area contributed by atoms with Crippen LogP contribution in [-0.4, -0.2) is 0 Å². The largest absolute Gasteiger partial charge is 0.486 e. The number of hydrogen-bond donors (Lipinski definition) is 1. The average molecular weight is 259 g/mol. The quantitative estimate of drug-likeness (QED) is 0.901. The van der Waals surface area contributed by atoms with Gasteiger partial charge in [-0.3, -0.25) is 0 Å². The molecule has 2 nitrogen and oxygen atoms in total. The van der Waals surface area contributed by atoms with Gasteiger partial charge in [-0.1, -0.05) is 36.4 Å². The van der Waals surface area contributed by atoms with Crippen molar-refractivity contribution in [3.63, 3.8) is 0 Å². The van der Waals surface area contributed by atoms with Gasteiger partial charge in [0.15, 0.2) is 0 Å². The van der Waals surface area contributed by atoms with E-state index in [2.05, 4.69) is 0 Å². The molecule has 0 aromatic heterocycles. The highest BCUT2D eigenvalue weighted by Gasteiger charge is 2.11. The highest BCUT2D eigenvalue weighted by molar-refractivity contribution is 5.31. The molecule has 0 spiro atoms. The lowest BCUT2D eigenvalue weighted by atomic mass is 10.1. The fraction of sp³-hybridized carbons (Fsp3) is 0.250. The van der Waals surface area contributed by atoms with Crippen molar-refractivity contribution >= 4 is 0 Å². The maximum absolute atomic E-state index is 13.8. The van der Waals surface area contributed by atoms with Gasteiger partial charge in [0, 0.05) is 17.7 Å². The lowest BCUT2D eigenvalue weighted by Crippen LogP contribution is -2.08. The van der Waals surface area contributed by atoms with E-state index in [-0.39, 0.29) is 18.0 Å². The molecule has 0 saturated heterocycles. The van der Waals surface area contributed by atoms with E-state index in [4.69, 9.17) is 10.5 Å². The highest BCUT2D eigenvalue weighted by Crippen LogP contribution is 2.25. The Kier molecular flexibility index (Phi) is 4.17. The molecule has 0 aliphatic rings. The molecule has 3 heteroatoms. The van der Waals surface area contributed by atoms with E-state index in [0.717, 1.165) is 5.56 Å². The number of nitrogens with two attached hydrogens (primary N) is 1. The van der Waals surface area contributed by atoms with Crippen LogP contribution in [0.25, 0.3) is 0 Å². The molecule has 0 aliphatic heterocycles. The van der Waals surface area contributed by atoms with Crippen LogP contribution in [0.1, 0.15) is 37.1 Å². The van der Waals surface area contributed by atoms with Crippen LogP contribution in [0.3, 0.4) is 0 Å². The van der Waals surface area contributed by atoms with E-state index < -0.39 is 0 Å². The second kappa shape index (κ2) is 5.85. The van der Waals surface area contributed by atoms with Crippen molar-refractivity contribution in [1.29, 1.82) is 0 Å². The summed E-state index contributed by atoms with van der Waals surface area (Å²) in [4.78, 5) is 0. The second-order valence-corrected chi connectivity index (χ2v) is 4.64. The van der Waals surface area contributed by atoms with Gasteiger partial charge < -0.3 is 10.5 Å². The summed E-state index contributed by atoms with van der Waals surface area (Å²) in [6.45, 7) is 3.69. The van der Waals surface area contributed by atoms with Crippen molar-refractivity contribution in [1.82, 2.24) is 0 Å². The smallest absolute Gasteiger partial charge is 0.131 e. The third kappa shape index (κ3) is 3.32. The fourth-order valence-corrected chi connectivity index (χ4v) is 1.95. The van der Waals surface area contributed by atoms with Gasteiger partial charge >= 0.3 is 0 Å². The lowest BCUT2D eigenvalue weighted by molar-refractivity contribution is 0.226. The van der Waals surface area contributed by atoms with Crippen LogP contribution < -0.4 is 10.5 Å². The first kappa shape index (κ1) is 13.6. The standard InChI is InChI=1S/C16H18FNO/c1-11(18)15-9-8-14(10-16(15)17)19-12(2)13-6-4-3-5-7-13/h3-12H,18H2,1-2H3. The molecule has 2 atom stereocenters. The van der Waals surface area contributed by atoms with E-state index in [1.165, 1.54) is 6.07 Å². The average Bonchev–Trinajstić information content (AvgIpc) is 2.39. The Bertz CT molecular complexity index is 540. The van der Waals surface area contributed by atoms with Crippen LogP contribution in [0, 0.1) is 5.82 Å². The Morgan fingerprint density at radius 2 is 1.74 bits per heavy atom. The van der Waals surface area contributed by atoms with E-state index in [1.807, 2.05) is 37.3 Å². The maximum atomic E-state index is 13.8. The molecule has 0 fully saturated rings. The van der Waals surface area contributed by atoms with Gasteiger partial charge in [0.2, 0.25) is 0 Å². The number of ether oxygens (including phenoxy) is 1. The summed E-state index contributed by atoms with van der Waals surface area (Å²) in [5.41, 5.74) is 7.23. The number of rotatable bonds is 4. The maximum Gasteiger partial charge on any atom is 0.131 e. The van der Waals surface area contributed by atoms with Gasteiger partial charge in [0.25, 0.3) is 0 Å². The van der Waals surface area contributed by atoms with E-state index in [1.54, 1.807) is 19.1 Å². The molecule has 100 valence electrons. The van der Waals surface area contributed by atoms with Crippen LogP contribution in [-0.2, 0) is 0 Å². The van der Waals surface area contributed by atoms with Crippen LogP contribution >= 0.6 is 0 Å². The predicted molar refractivity (Wildman–Crippen MR) is 74.5 cm³/mol. The van der Waals surface area contributed by atoms with E-state index >= 15 is 0 Å². The molecule has 0 saturated carbocycles. The van der Waals surface area contributed by atoms with Crippen molar-refractivity contribution < 1.29 is 9.13 Å². The molecular weight excluding hydrogens is 241 g/mol. The van der Waals surface area contributed by atoms with Crippen LogP contribution in [0.15, 0.2) is 48.5 Å².